The summed E-state index contributed by atoms with van der Waals surface area (Å²) < 4.78 is 28.3. The lowest BCUT2D eigenvalue weighted by Crippen LogP contribution is -2.32. The molecule has 4 rings (SSSR count). The normalized spacial score (nSPS) is 16.6. The third-order valence-corrected chi connectivity index (χ3v) is 7.75. The number of benzene rings is 1. The van der Waals surface area contributed by atoms with Crippen LogP contribution < -0.4 is 4.72 Å². The second-order valence-corrected chi connectivity index (χ2v) is 9.92. The number of aromatic nitrogens is 1. The summed E-state index contributed by atoms with van der Waals surface area (Å²) in [5.74, 6) is 0. The highest BCUT2D eigenvalue weighted by Crippen LogP contribution is 2.51. The van der Waals surface area contributed by atoms with Crippen LogP contribution >= 0.6 is 11.3 Å². The first-order valence-electron chi connectivity index (χ1n) is 8.05. The molecule has 1 saturated carbocycles. The van der Waals surface area contributed by atoms with E-state index in [1.807, 2.05) is 25.1 Å². The lowest BCUT2D eigenvalue weighted by atomic mass is 9.93. The van der Waals surface area contributed by atoms with Gasteiger partial charge in [0, 0.05) is 33.4 Å². The molecule has 1 fully saturated rings. The van der Waals surface area contributed by atoms with Gasteiger partial charge in [0.2, 0.25) is 10.0 Å². The van der Waals surface area contributed by atoms with E-state index in [0.29, 0.717) is 10.8 Å². The number of H-pyrrole nitrogens is 1. The zero-order valence-electron chi connectivity index (χ0n) is 13.7. The van der Waals surface area contributed by atoms with Crippen LogP contribution in [0.25, 0.3) is 10.9 Å². The maximum Gasteiger partial charge on any atom is 0.250 e. The first-order valence-corrected chi connectivity index (χ1v) is 10.4. The van der Waals surface area contributed by atoms with Gasteiger partial charge in [-0.2, -0.15) is 0 Å². The minimum Gasteiger partial charge on any atom is -0.358 e. The Hall–Kier alpha value is -1.63. The molecular formula is C18H20N2O2S2. The molecule has 6 heteroatoms. The molecule has 126 valence electrons. The van der Waals surface area contributed by atoms with Crippen LogP contribution in [0.4, 0.5) is 0 Å². The summed E-state index contributed by atoms with van der Waals surface area (Å²) in [6.45, 7) is 4.45. The summed E-state index contributed by atoms with van der Waals surface area (Å²) in [4.78, 5) is 4.43. The Kier molecular flexibility index (Phi) is 3.60. The topological polar surface area (TPSA) is 62.0 Å². The summed E-state index contributed by atoms with van der Waals surface area (Å²) in [7, 11) is -3.43. The van der Waals surface area contributed by atoms with Crippen LogP contribution in [0.5, 0.6) is 0 Å². The van der Waals surface area contributed by atoms with Crippen molar-refractivity contribution in [2.24, 2.45) is 0 Å². The maximum absolute atomic E-state index is 12.5. The van der Waals surface area contributed by atoms with E-state index < -0.39 is 10.0 Å². The van der Waals surface area contributed by atoms with E-state index >= 15 is 0 Å². The van der Waals surface area contributed by atoms with Crippen molar-refractivity contribution in [2.45, 2.75) is 36.3 Å². The van der Waals surface area contributed by atoms with Crippen molar-refractivity contribution >= 4 is 32.3 Å². The third kappa shape index (κ3) is 2.59. The van der Waals surface area contributed by atoms with Crippen LogP contribution in [0.15, 0.2) is 40.6 Å². The smallest absolute Gasteiger partial charge is 0.250 e. The molecule has 0 aliphatic heterocycles. The fourth-order valence-corrected chi connectivity index (χ4v) is 5.94. The number of nitrogens with one attached hydrogen (secondary N) is 2. The largest absolute Gasteiger partial charge is 0.358 e. The van der Waals surface area contributed by atoms with E-state index in [4.69, 9.17) is 0 Å². The summed E-state index contributed by atoms with van der Waals surface area (Å²) in [6, 6.07) is 11.8. The zero-order chi connectivity index (χ0) is 16.9. The van der Waals surface area contributed by atoms with E-state index in [-0.39, 0.29) is 5.41 Å². The number of fused-ring (bicyclic) bond motifs is 1. The molecule has 1 aliphatic carbocycles. The molecule has 2 N–H and O–H groups in total. The Morgan fingerprint density at radius 2 is 1.92 bits per heavy atom. The molecular weight excluding hydrogens is 340 g/mol. The van der Waals surface area contributed by atoms with Gasteiger partial charge < -0.3 is 4.98 Å². The fourth-order valence-electron chi connectivity index (χ4n) is 3.49. The van der Waals surface area contributed by atoms with Crippen LogP contribution in [-0.2, 0) is 15.4 Å². The second-order valence-electron chi connectivity index (χ2n) is 6.64. The Labute approximate surface area is 146 Å². The Morgan fingerprint density at radius 1 is 1.17 bits per heavy atom. The third-order valence-electron chi connectivity index (χ3n) is 4.86. The number of rotatable bonds is 5. The fraction of sp³-hybridized carbons (Fsp3) is 0.333. The molecule has 0 radical (unpaired) electrons. The summed E-state index contributed by atoms with van der Waals surface area (Å²) >= 11 is 1.31. The van der Waals surface area contributed by atoms with E-state index in [2.05, 4.69) is 28.8 Å². The Morgan fingerprint density at radius 3 is 2.58 bits per heavy atom. The van der Waals surface area contributed by atoms with Gasteiger partial charge in [-0.3, -0.25) is 0 Å². The summed E-state index contributed by atoms with van der Waals surface area (Å²) in [5, 5.41) is 1.21. The van der Waals surface area contributed by atoms with Gasteiger partial charge in [0.15, 0.2) is 0 Å². The highest BCUT2D eigenvalue weighted by molar-refractivity contribution is 7.91. The van der Waals surface area contributed by atoms with Gasteiger partial charge >= 0.3 is 0 Å². The van der Waals surface area contributed by atoms with Crippen molar-refractivity contribution in [3.8, 4) is 0 Å². The molecule has 0 atom stereocenters. The van der Waals surface area contributed by atoms with Crippen molar-refractivity contribution in [2.75, 3.05) is 6.54 Å². The van der Waals surface area contributed by atoms with Gasteiger partial charge in [-0.05, 0) is 50.5 Å². The van der Waals surface area contributed by atoms with Crippen molar-refractivity contribution < 1.29 is 8.42 Å². The van der Waals surface area contributed by atoms with Crippen LogP contribution in [0.3, 0.4) is 0 Å². The van der Waals surface area contributed by atoms with Crippen LogP contribution in [-0.4, -0.2) is 19.9 Å². The highest BCUT2D eigenvalue weighted by Gasteiger charge is 2.47. The molecule has 0 bridgehead atoms. The zero-order valence-corrected chi connectivity index (χ0v) is 15.4. The molecule has 0 unspecified atom stereocenters. The molecule has 0 saturated heterocycles. The monoisotopic (exact) mass is 360 g/mol. The molecule has 1 aliphatic rings. The molecule has 2 aromatic heterocycles. The molecule has 24 heavy (non-hydrogen) atoms. The molecule has 1 aromatic carbocycles. The number of hydrogen-bond acceptors (Lipinski definition) is 3. The lowest BCUT2D eigenvalue weighted by Gasteiger charge is -2.17. The Balaban J connectivity index is 1.63. The van der Waals surface area contributed by atoms with E-state index in [0.717, 1.165) is 28.9 Å². The van der Waals surface area contributed by atoms with Gasteiger partial charge in [0.1, 0.15) is 4.21 Å². The minimum atomic E-state index is -3.43. The molecule has 3 aromatic rings. The SMILES string of the molecule is Cc1ccc(S(=O)(=O)NCC2(c3c(C)[nH]c4ccccc34)CC2)s1. The number of hydrogen-bond donors (Lipinski definition) is 2. The first-order chi connectivity index (χ1) is 11.4. The number of para-hydroxylation sites is 1. The standard InChI is InChI=1S/C18H20N2O2S2/c1-12-7-8-16(23-12)24(21,22)19-11-18(9-10-18)17-13(2)20-15-6-4-3-5-14(15)17/h3-8,19-20H,9-11H2,1-2H3. The van der Waals surface area contributed by atoms with Crippen LogP contribution in [0.1, 0.15) is 29.0 Å². The quantitative estimate of drug-likeness (QED) is 0.726. The van der Waals surface area contributed by atoms with Crippen molar-refractivity contribution in [1.82, 2.24) is 9.71 Å². The molecule has 2 heterocycles. The van der Waals surface area contributed by atoms with Crippen molar-refractivity contribution in [3.05, 3.63) is 52.5 Å². The van der Waals surface area contributed by atoms with Gasteiger partial charge in [-0.1, -0.05) is 18.2 Å². The molecule has 0 amide bonds. The van der Waals surface area contributed by atoms with Crippen molar-refractivity contribution in [1.29, 1.82) is 0 Å². The predicted molar refractivity (Wildman–Crippen MR) is 98.2 cm³/mol. The number of aromatic amines is 1. The highest BCUT2D eigenvalue weighted by atomic mass is 32.2. The predicted octanol–water partition coefficient (Wildman–Crippen LogP) is 3.86. The van der Waals surface area contributed by atoms with Gasteiger partial charge in [-0.15, -0.1) is 11.3 Å². The molecule has 0 spiro atoms. The Bertz CT molecular complexity index is 1010. The van der Waals surface area contributed by atoms with E-state index in [9.17, 15) is 8.42 Å². The lowest BCUT2D eigenvalue weighted by molar-refractivity contribution is 0.569. The van der Waals surface area contributed by atoms with Crippen LogP contribution in [0.2, 0.25) is 0 Å². The van der Waals surface area contributed by atoms with Crippen molar-refractivity contribution in [3.63, 3.8) is 0 Å². The van der Waals surface area contributed by atoms with Gasteiger partial charge in [0.25, 0.3) is 0 Å². The second kappa shape index (κ2) is 5.44. The molecule has 4 nitrogen and oxygen atoms in total. The van der Waals surface area contributed by atoms with E-state index in [1.165, 1.54) is 22.3 Å². The summed E-state index contributed by atoms with van der Waals surface area (Å²) in [5.41, 5.74) is 3.44. The maximum atomic E-state index is 12.5. The van der Waals surface area contributed by atoms with Gasteiger partial charge in [-0.25, -0.2) is 13.1 Å². The number of aryl methyl sites for hydroxylation is 2. The van der Waals surface area contributed by atoms with E-state index in [1.54, 1.807) is 6.07 Å². The summed E-state index contributed by atoms with van der Waals surface area (Å²) in [6.07, 6.45) is 2.03. The average Bonchev–Trinajstić information content (AvgIpc) is 3.04. The van der Waals surface area contributed by atoms with Crippen LogP contribution in [0, 0.1) is 13.8 Å². The minimum absolute atomic E-state index is 0.0803. The average molecular weight is 361 g/mol. The first kappa shape index (κ1) is 15.9. The number of sulfonamides is 1. The number of thiophene rings is 1. The van der Waals surface area contributed by atoms with Gasteiger partial charge in [0.05, 0.1) is 0 Å².